The summed E-state index contributed by atoms with van der Waals surface area (Å²) in [6.45, 7) is 5.62. The lowest BCUT2D eigenvalue weighted by Gasteiger charge is -2.19. The molecule has 0 spiro atoms. The lowest BCUT2D eigenvalue weighted by atomic mass is 10.0. The summed E-state index contributed by atoms with van der Waals surface area (Å²) in [6, 6.07) is 5.83. The third-order valence-corrected chi connectivity index (χ3v) is 6.95. The number of halogens is 1. The van der Waals surface area contributed by atoms with E-state index in [4.69, 9.17) is 24.2 Å². The third-order valence-electron chi connectivity index (χ3n) is 6.33. The molecule has 10 nitrogen and oxygen atoms in total. The minimum absolute atomic E-state index is 0.0725. The maximum Gasteiger partial charge on any atom is 0.407 e. The lowest BCUT2D eigenvalue weighted by Crippen LogP contribution is -2.37. The maximum absolute atomic E-state index is 12.4. The van der Waals surface area contributed by atoms with E-state index in [0.717, 1.165) is 40.7 Å². The second-order valence-corrected chi connectivity index (χ2v) is 11.2. The summed E-state index contributed by atoms with van der Waals surface area (Å²) in [5.41, 5.74) is 1.96. The number of imidazole rings is 1. The molecular formula is C27H34BrN5O5. The summed E-state index contributed by atoms with van der Waals surface area (Å²) in [5, 5.41) is 5.70. The van der Waals surface area contributed by atoms with Gasteiger partial charge in [-0.25, -0.2) is 14.8 Å². The first-order valence-corrected chi connectivity index (χ1v) is 13.4. The van der Waals surface area contributed by atoms with Crippen LogP contribution in [-0.2, 0) is 9.53 Å². The Morgan fingerprint density at radius 3 is 2.61 bits per heavy atom. The molecule has 4 rings (SSSR count). The zero-order valence-corrected chi connectivity index (χ0v) is 23.9. The molecule has 0 saturated heterocycles. The summed E-state index contributed by atoms with van der Waals surface area (Å²) in [7, 11) is 3.23. The highest BCUT2D eigenvalue weighted by Gasteiger charge is 2.28. The first-order valence-electron chi connectivity index (χ1n) is 12.6. The number of alkyl carbamates (subject to hydrolysis) is 1. The fraction of sp³-hybridized carbons (Fsp3) is 0.481. The third kappa shape index (κ3) is 6.75. The van der Waals surface area contributed by atoms with Crippen LogP contribution >= 0.6 is 15.9 Å². The van der Waals surface area contributed by atoms with Gasteiger partial charge in [0.1, 0.15) is 17.1 Å². The molecule has 0 radical (unpaired) electrons. The van der Waals surface area contributed by atoms with Crippen molar-refractivity contribution in [2.24, 2.45) is 0 Å². The zero-order chi connectivity index (χ0) is 27.4. The Morgan fingerprint density at radius 1 is 1.13 bits per heavy atom. The Balaban J connectivity index is 1.36. The van der Waals surface area contributed by atoms with E-state index in [0.29, 0.717) is 17.3 Å². The van der Waals surface area contributed by atoms with E-state index < -0.39 is 11.7 Å². The fourth-order valence-corrected chi connectivity index (χ4v) is 5.08. The van der Waals surface area contributed by atoms with Crippen molar-refractivity contribution in [2.75, 3.05) is 20.8 Å². The van der Waals surface area contributed by atoms with Gasteiger partial charge >= 0.3 is 6.09 Å². The molecule has 1 fully saturated rings. The number of benzene rings is 1. The molecule has 11 heteroatoms. The number of ether oxygens (including phenoxy) is 3. The van der Waals surface area contributed by atoms with Crippen LogP contribution in [0, 0.1) is 0 Å². The molecule has 2 N–H and O–H groups in total. The normalized spacial score (nSPS) is 17.3. The smallest absolute Gasteiger partial charge is 0.407 e. The number of aromatic nitrogens is 3. The van der Waals surface area contributed by atoms with Gasteiger partial charge in [0.2, 0.25) is 11.7 Å². The summed E-state index contributed by atoms with van der Waals surface area (Å²) < 4.78 is 18.8. The van der Waals surface area contributed by atoms with Crippen LogP contribution in [0.3, 0.4) is 0 Å². The number of nitrogens with one attached hydrogen (secondary N) is 2. The number of carbonyl (C=O) groups excluding carboxylic acids is 2. The summed E-state index contributed by atoms with van der Waals surface area (Å²) in [5.74, 6) is 2.08. The predicted molar refractivity (Wildman–Crippen MR) is 147 cm³/mol. The Labute approximate surface area is 230 Å². The van der Waals surface area contributed by atoms with Crippen LogP contribution in [0.2, 0.25) is 0 Å². The van der Waals surface area contributed by atoms with E-state index >= 15 is 0 Å². The molecule has 2 aromatic heterocycles. The van der Waals surface area contributed by atoms with Gasteiger partial charge in [0.15, 0.2) is 0 Å². The molecule has 2 amide bonds. The van der Waals surface area contributed by atoms with Crippen LogP contribution in [0.4, 0.5) is 4.79 Å². The van der Waals surface area contributed by atoms with Crippen LogP contribution in [-0.4, -0.2) is 58.8 Å². The van der Waals surface area contributed by atoms with Crippen molar-refractivity contribution < 1.29 is 23.8 Å². The Morgan fingerprint density at radius 2 is 1.89 bits per heavy atom. The minimum atomic E-state index is -0.570. The van der Waals surface area contributed by atoms with Crippen molar-refractivity contribution in [1.82, 2.24) is 25.0 Å². The average Bonchev–Trinajstić information content (AvgIpc) is 3.49. The van der Waals surface area contributed by atoms with Crippen molar-refractivity contribution in [2.45, 2.75) is 64.0 Å². The number of hydrogen-bond donors (Lipinski definition) is 2. The van der Waals surface area contributed by atoms with Crippen LogP contribution < -0.4 is 20.1 Å². The molecule has 0 bridgehead atoms. The van der Waals surface area contributed by atoms with Gasteiger partial charge < -0.3 is 24.8 Å². The van der Waals surface area contributed by atoms with Crippen molar-refractivity contribution in [3.05, 3.63) is 40.8 Å². The number of carbonyl (C=O) groups is 2. The van der Waals surface area contributed by atoms with Gasteiger partial charge in [-0.3, -0.25) is 9.20 Å². The van der Waals surface area contributed by atoms with Crippen molar-refractivity contribution in [1.29, 1.82) is 0 Å². The highest BCUT2D eigenvalue weighted by atomic mass is 79.9. The number of hydrogen-bond acceptors (Lipinski definition) is 7. The van der Waals surface area contributed by atoms with Gasteiger partial charge in [0, 0.05) is 54.6 Å². The highest BCUT2D eigenvalue weighted by molar-refractivity contribution is 9.10. The van der Waals surface area contributed by atoms with Gasteiger partial charge in [-0.2, -0.15) is 0 Å². The first kappa shape index (κ1) is 27.7. The van der Waals surface area contributed by atoms with E-state index in [1.807, 2.05) is 35.0 Å². The summed E-state index contributed by atoms with van der Waals surface area (Å²) in [6.07, 6.45) is 6.18. The van der Waals surface area contributed by atoms with Crippen LogP contribution in [0.25, 0.3) is 17.0 Å². The Hall–Kier alpha value is -3.34. The molecule has 0 aliphatic heterocycles. The first-order chi connectivity index (χ1) is 18.1. The van der Waals surface area contributed by atoms with E-state index in [1.165, 1.54) is 0 Å². The average molecular weight is 589 g/mol. The SMILES string of the molecule is COc1cc(OC)c(-c2cn3ccc(C4CCC(NC(=O)CCNC(=O)OC(C)(C)C)C4)nc3n2)cc1Br. The number of rotatable bonds is 8. The van der Waals surface area contributed by atoms with Crippen molar-refractivity contribution in [3.63, 3.8) is 0 Å². The Bertz CT molecular complexity index is 1320. The van der Waals surface area contributed by atoms with E-state index in [9.17, 15) is 9.59 Å². The van der Waals surface area contributed by atoms with Crippen LogP contribution in [0.15, 0.2) is 35.1 Å². The van der Waals surface area contributed by atoms with Gasteiger partial charge in [-0.15, -0.1) is 0 Å². The molecule has 1 aromatic carbocycles. The van der Waals surface area contributed by atoms with E-state index in [1.54, 1.807) is 35.0 Å². The van der Waals surface area contributed by atoms with Gasteiger partial charge in [0.25, 0.3) is 0 Å². The van der Waals surface area contributed by atoms with E-state index in [2.05, 4.69) is 26.6 Å². The molecule has 1 aliphatic rings. The van der Waals surface area contributed by atoms with Crippen LogP contribution in [0.1, 0.15) is 58.1 Å². The molecule has 204 valence electrons. The maximum atomic E-state index is 12.4. The fourth-order valence-electron chi connectivity index (χ4n) is 4.58. The number of fused-ring (bicyclic) bond motifs is 1. The van der Waals surface area contributed by atoms with E-state index in [-0.39, 0.29) is 30.8 Å². The Kier molecular flexibility index (Phi) is 8.44. The molecule has 38 heavy (non-hydrogen) atoms. The predicted octanol–water partition coefficient (Wildman–Crippen LogP) is 4.84. The standard InChI is InChI=1S/C27H34BrN5O5/c1-27(2,3)38-26(35)29-10-8-24(34)30-17-7-6-16(12-17)20-9-11-33-15-21(32-25(33)31-20)18-13-19(28)23(37-5)14-22(18)36-4/h9,11,13-17H,6-8,10,12H2,1-5H3,(H,29,35)(H,30,34). The lowest BCUT2D eigenvalue weighted by molar-refractivity contribution is -0.121. The molecule has 2 unspecified atom stereocenters. The second-order valence-electron chi connectivity index (χ2n) is 10.3. The summed E-state index contributed by atoms with van der Waals surface area (Å²) >= 11 is 3.54. The molecule has 3 aromatic rings. The molecular weight excluding hydrogens is 554 g/mol. The highest BCUT2D eigenvalue weighted by Crippen LogP contribution is 2.38. The zero-order valence-electron chi connectivity index (χ0n) is 22.3. The van der Waals surface area contributed by atoms with Gasteiger partial charge in [-0.05, 0) is 68.1 Å². The molecule has 1 aliphatic carbocycles. The second kappa shape index (κ2) is 11.6. The largest absolute Gasteiger partial charge is 0.496 e. The van der Waals surface area contributed by atoms with Crippen molar-refractivity contribution >= 4 is 33.7 Å². The number of nitrogens with zero attached hydrogens (tertiary/aromatic N) is 3. The van der Waals surface area contributed by atoms with Crippen LogP contribution in [0.5, 0.6) is 11.5 Å². The quantitative estimate of drug-likeness (QED) is 0.387. The van der Waals surface area contributed by atoms with Gasteiger partial charge in [-0.1, -0.05) is 0 Å². The summed E-state index contributed by atoms with van der Waals surface area (Å²) in [4.78, 5) is 33.7. The molecule has 2 atom stereocenters. The molecule has 2 heterocycles. The van der Waals surface area contributed by atoms with Crippen molar-refractivity contribution in [3.8, 4) is 22.8 Å². The molecule has 1 saturated carbocycles. The number of amides is 2. The number of methoxy groups -OCH3 is 2. The monoisotopic (exact) mass is 587 g/mol. The van der Waals surface area contributed by atoms with Gasteiger partial charge in [0.05, 0.1) is 24.4 Å². The minimum Gasteiger partial charge on any atom is -0.496 e. The topological polar surface area (TPSA) is 116 Å².